The SMILES string of the molecule is CN1C(=O)[C@@]2(O[C@H]2C(=O)N2CCCC2)c2cc(I)ccc21. The van der Waals surface area contributed by atoms with Crippen molar-refractivity contribution in [3.05, 3.63) is 27.3 Å². The van der Waals surface area contributed by atoms with Crippen LogP contribution in [0.4, 0.5) is 5.69 Å². The highest BCUT2D eigenvalue weighted by Crippen LogP contribution is 2.56. The number of rotatable bonds is 1. The number of benzene rings is 1. The van der Waals surface area contributed by atoms with Crippen LogP contribution in [0.25, 0.3) is 0 Å². The molecule has 0 bridgehead atoms. The Hall–Kier alpha value is -1.15. The normalized spacial score (nSPS) is 30.2. The highest BCUT2D eigenvalue weighted by Gasteiger charge is 2.72. The minimum Gasteiger partial charge on any atom is -0.340 e. The number of ether oxygens (including phenoxy) is 1. The molecule has 1 spiro atoms. The number of amides is 2. The highest BCUT2D eigenvalue weighted by atomic mass is 127. The van der Waals surface area contributed by atoms with Crippen LogP contribution in [-0.2, 0) is 19.9 Å². The van der Waals surface area contributed by atoms with Gasteiger partial charge in [-0.2, -0.15) is 0 Å². The fraction of sp³-hybridized carbons (Fsp3) is 0.467. The van der Waals surface area contributed by atoms with E-state index in [1.807, 2.05) is 23.1 Å². The van der Waals surface area contributed by atoms with Gasteiger partial charge in [-0.05, 0) is 53.6 Å². The molecule has 6 heteroatoms. The average molecular weight is 398 g/mol. The Morgan fingerprint density at radius 3 is 2.81 bits per heavy atom. The molecule has 0 aromatic heterocycles. The second-order valence-electron chi connectivity index (χ2n) is 5.79. The summed E-state index contributed by atoms with van der Waals surface area (Å²) < 4.78 is 6.76. The van der Waals surface area contributed by atoms with Crippen molar-refractivity contribution < 1.29 is 14.3 Å². The number of nitrogens with zero attached hydrogens (tertiary/aromatic N) is 2. The predicted octanol–water partition coefficient (Wildman–Crippen LogP) is 1.48. The van der Waals surface area contributed by atoms with Crippen molar-refractivity contribution in [2.45, 2.75) is 24.5 Å². The molecule has 2 atom stereocenters. The molecule has 110 valence electrons. The van der Waals surface area contributed by atoms with Gasteiger partial charge >= 0.3 is 0 Å². The van der Waals surface area contributed by atoms with Crippen LogP contribution in [0.2, 0.25) is 0 Å². The Labute approximate surface area is 136 Å². The molecule has 0 radical (unpaired) electrons. The number of halogens is 1. The minimum atomic E-state index is -1.06. The van der Waals surface area contributed by atoms with E-state index in [4.69, 9.17) is 4.74 Å². The van der Waals surface area contributed by atoms with Crippen molar-refractivity contribution in [2.75, 3.05) is 25.0 Å². The summed E-state index contributed by atoms with van der Waals surface area (Å²) in [4.78, 5) is 28.6. The van der Waals surface area contributed by atoms with Crippen LogP contribution in [0.1, 0.15) is 18.4 Å². The van der Waals surface area contributed by atoms with Gasteiger partial charge in [0.15, 0.2) is 6.10 Å². The zero-order valence-electron chi connectivity index (χ0n) is 11.6. The molecule has 0 saturated carbocycles. The van der Waals surface area contributed by atoms with E-state index >= 15 is 0 Å². The molecule has 2 saturated heterocycles. The molecule has 3 aliphatic rings. The number of hydrogen-bond donors (Lipinski definition) is 0. The van der Waals surface area contributed by atoms with Crippen molar-refractivity contribution in [1.29, 1.82) is 0 Å². The van der Waals surface area contributed by atoms with E-state index in [1.54, 1.807) is 11.9 Å². The fourth-order valence-corrected chi connectivity index (χ4v) is 3.91. The molecule has 5 nitrogen and oxygen atoms in total. The van der Waals surface area contributed by atoms with E-state index in [1.165, 1.54) is 0 Å². The molecule has 0 unspecified atom stereocenters. The van der Waals surface area contributed by atoms with Crippen LogP contribution in [0.3, 0.4) is 0 Å². The number of hydrogen-bond acceptors (Lipinski definition) is 3. The monoisotopic (exact) mass is 398 g/mol. The van der Waals surface area contributed by atoms with E-state index < -0.39 is 11.7 Å². The molecular formula is C15H15IN2O3. The lowest BCUT2D eigenvalue weighted by atomic mass is 9.96. The third-order valence-electron chi connectivity index (χ3n) is 4.60. The number of carbonyl (C=O) groups is 2. The summed E-state index contributed by atoms with van der Waals surface area (Å²) in [5.74, 6) is -0.169. The molecule has 3 aliphatic heterocycles. The minimum absolute atomic E-state index is 0.0408. The van der Waals surface area contributed by atoms with Gasteiger partial charge in [0.2, 0.25) is 5.60 Å². The van der Waals surface area contributed by atoms with Gasteiger partial charge in [-0.25, -0.2) is 0 Å². The van der Waals surface area contributed by atoms with Gasteiger partial charge < -0.3 is 14.5 Å². The zero-order valence-corrected chi connectivity index (χ0v) is 13.8. The Balaban J connectivity index is 1.72. The van der Waals surface area contributed by atoms with Crippen LogP contribution < -0.4 is 4.90 Å². The number of likely N-dealkylation sites (N-methyl/N-ethyl adjacent to an activating group) is 1. The van der Waals surface area contributed by atoms with Gasteiger partial charge in [-0.15, -0.1) is 0 Å². The molecule has 0 N–H and O–H groups in total. The number of carbonyl (C=O) groups excluding carboxylic acids is 2. The molecule has 4 rings (SSSR count). The summed E-state index contributed by atoms with van der Waals surface area (Å²) in [6.45, 7) is 1.55. The van der Waals surface area contributed by atoms with Gasteiger partial charge in [-0.3, -0.25) is 9.59 Å². The molecule has 2 fully saturated rings. The van der Waals surface area contributed by atoms with Gasteiger partial charge in [0.25, 0.3) is 11.8 Å². The van der Waals surface area contributed by atoms with Crippen LogP contribution in [-0.4, -0.2) is 43.0 Å². The van der Waals surface area contributed by atoms with E-state index in [0.29, 0.717) is 0 Å². The van der Waals surface area contributed by atoms with Crippen LogP contribution in [0.5, 0.6) is 0 Å². The third kappa shape index (κ3) is 1.72. The Bertz CT molecular complexity index is 656. The quantitative estimate of drug-likeness (QED) is 0.532. The summed E-state index contributed by atoms with van der Waals surface area (Å²) in [6, 6.07) is 5.83. The second-order valence-corrected chi connectivity index (χ2v) is 7.04. The lowest BCUT2D eigenvalue weighted by Gasteiger charge is -2.14. The van der Waals surface area contributed by atoms with Crippen molar-refractivity contribution in [1.82, 2.24) is 4.90 Å². The maximum Gasteiger partial charge on any atom is 0.267 e. The maximum absolute atomic E-state index is 12.6. The van der Waals surface area contributed by atoms with Crippen molar-refractivity contribution in [3.8, 4) is 0 Å². The predicted molar refractivity (Wildman–Crippen MR) is 84.9 cm³/mol. The lowest BCUT2D eigenvalue weighted by molar-refractivity contribution is -0.132. The van der Waals surface area contributed by atoms with Gasteiger partial charge in [0, 0.05) is 29.3 Å². The van der Waals surface area contributed by atoms with Crippen molar-refractivity contribution in [2.24, 2.45) is 0 Å². The molecule has 1 aromatic rings. The van der Waals surface area contributed by atoms with E-state index in [9.17, 15) is 9.59 Å². The number of anilines is 1. The Morgan fingerprint density at radius 1 is 1.38 bits per heavy atom. The van der Waals surface area contributed by atoms with Crippen molar-refractivity contribution in [3.63, 3.8) is 0 Å². The molecule has 2 amide bonds. The number of likely N-dealkylation sites (tertiary alicyclic amines) is 1. The fourth-order valence-electron chi connectivity index (χ4n) is 3.42. The van der Waals surface area contributed by atoms with Crippen molar-refractivity contribution >= 4 is 40.1 Å². The summed E-state index contributed by atoms with van der Waals surface area (Å²) >= 11 is 2.21. The Kier molecular flexibility index (Phi) is 2.85. The third-order valence-corrected chi connectivity index (χ3v) is 5.27. The van der Waals surface area contributed by atoms with E-state index in [-0.39, 0.29) is 11.8 Å². The van der Waals surface area contributed by atoms with Crippen LogP contribution in [0.15, 0.2) is 18.2 Å². The number of fused-ring (bicyclic) bond motifs is 2. The first-order valence-corrected chi connectivity index (χ1v) is 8.18. The smallest absolute Gasteiger partial charge is 0.267 e. The van der Waals surface area contributed by atoms with Crippen LogP contribution in [0, 0.1) is 3.57 Å². The first-order valence-electron chi connectivity index (χ1n) is 7.10. The molecule has 1 aromatic carbocycles. The second kappa shape index (κ2) is 4.42. The summed E-state index contributed by atoms with van der Waals surface area (Å²) in [5.41, 5.74) is 0.613. The lowest BCUT2D eigenvalue weighted by Crippen LogP contribution is -2.38. The van der Waals surface area contributed by atoms with E-state index in [2.05, 4.69) is 22.6 Å². The topological polar surface area (TPSA) is 53.2 Å². The van der Waals surface area contributed by atoms with Gasteiger partial charge in [0.1, 0.15) is 0 Å². The number of epoxide rings is 1. The zero-order chi connectivity index (χ0) is 14.8. The molecular weight excluding hydrogens is 383 g/mol. The van der Waals surface area contributed by atoms with Gasteiger partial charge in [0.05, 0.1) is 5.69 Å². The molecule has 21 heavy (non-hydrogen) atoms. The van der Waals surface area contributed by atoms with E-state index in [0.717, 1.165) is 40.8 Å². The standard InChI is InChI=1S/C15H15IN2O3/c1-17-11-5-4-9(16)8-10(11)15(14(17)20)12(21-15)13(19)18-6-2-3-7-18/h4-5,8,12H,2-3,6-7H2,1H3/t12-,15+/m0/s1. The largest absolute Gasteiger partial charge is 0.340 e. The molecule has 3 heterocycles. The first kappa shape index (κ1) is 13.5. The first-order chi connectivity index (χ1) is 10.1. The summed E-state index contributed by atoms with van der Waals surface area (Å²) in [5, 5.41) is 0. The highest BCUT2D eigenvalue weighted by molar-refractivity contribution is 14.1. The summed E-state index contributed by atoms with van der Waals surface area (Å²) in [6.07, 6.45) is 1.42. The average Bonchev–Trinajstić information content (AvgIpc) is 2.91. The molecule has 0 aliphatic carbocycles. The van der Waals surface area contributed by atoms with Gasteiger partial charge in [-0.1, -0.05) is 0 Å². The Morgan fingerprint density at radius 2 is 2.10 bits per heavy atom. The summed E-state index contributed by atoms with van der Waals surface area (Å²) in [7, 11) is 1.74. The maximum atomic E-state index is 12.6. The van der Waals surface area contributed by atoms with Crippen LogP contribution >= 0.6 is 22.6 Å².